The van der Waals surface area contributed by atoms with Gasteiger partial charge in [-0.15, -0.1) is 10.2 Å². The molecule has 3 aromatic rings. The molecule has 1 aromatic carbocycles. The molecule has 18 heavy (non-hydrogen) atoms. The second kappa shape index (κ2) is 3.99. The Morgan fingerprint density at radius 2 is 2.06 bits per heavy atom. The van der Waals surface area contributed by atoms with Crippen molar-refractivity contribution in [3.63, 3.8) is 0 Å². The number of pyridine rings is 1. The zero-order valence-electron chi connectivity index (χ0n) is 9.51. The molecule has 0 amide bonds. The van der Waals surface area contributed by atoms with Gasteiger partial charge in [0.15, 0.2) is 0 Å². The first-order valence-electron chi connectivity index (χ1n) is 5.30. The number of nitrogens with zero attached hydrogens (tertiary/aromatic N) is 3. The van der Waals surface area contributed by atoms with Gasteiger partial charge >= 0.3 is 0 Å². The Morgan fingerprint density at radius 3 is 2.78 bits per heavy atom. The number of fused-ring (bicyclic) bond motifs is 1. The van der Waals surface area contributed by atoms with Gasteiger partial charge in [0.2, 0.25) is 5.13 Å². The second-order valence-electron chi connectivity index (χ2n) is 3.92. The highest BCUT2D eigenvalue weighted by Gasteiger charge is 2.11. The Bertz CT molecular complexity index is 738. The number of aryl methyl sites for hydroxylation is 1. The Kier molecular flexibility index (Phi) is 2.45. The Hall–Kier alpha value is -2.08. The van der Waals surface area contributed by atoms with E-state index in [1.807, 2.05) is 13.0 Å². The molecule has 2 aromatic heterocycles. The third kappa shape index (κ3) is 1.80. The molecule has 0 saturated heterocycles. The molecule has 3 rings (SSSR count). The summed E-state index contributed by atoms with van der Waals surface area (Å²) in [6.45, 7) is 1.89. The van der Waals surface area contributed by atoms with Crippen LogP contribution in [0.3, 0.4) is 0 Å². The Morgan fingerprint density at radius 1 is 1.22 bits per heavy atom. The highest BCUT2D eigenvalue weighted by Crippen LogP contribution is 2.31. The van der Waals surface area contributed by atoms with Gasteiger partial charge in [0, 0.05) is 16.6 Å². The van der Waals surface area contributed by atoms with Gasteiger partial charge in [0.05, 0.1) is 5.52 Å². The maximum atomic E-state index is 13.4. The van der Waals surface area contributed by atoms with Crippen LogP contribution in [0.2, 0.25) is 0 Å². The monoisotopic (exact) mass is 260 g/mol. The number of anilines is 1. The molecule has 0 radical (unpaired) electrons. The molecule has 0 saturated carbocycles. The van der Waals surface area contributed by atoms with E-state index in [2.05, 4.69) is 15.2 Å². The first-order chi connectivity index (χ1) is 8.63. The van der Waals surface area contributed by atoms with E-state index in [9.17, 15) is 4.39 Å². The highest BCUT2D eigenvalue weighted by atomic mass is 32.1. The molecule has 0 unspecified atom stereocenters. The molecule has 0 spiro atoms. The molecule has 90 valence electrons. The third-order valence-corrected chi connectivity index (χ3v) is 3.36. The van der Waals surface area contributed by atoms with Gasteiger partial charge in [-0.05, 0) is 31.2 Å². The van der Waals surface area contributed by atoms with Crippen LogP contribution < -0.4 is 5.73 Å². The first-order valence-corrected chi connectivity index (χ1v) is 6.11. The first kappa shape index (κ1) is 11.0. The normalized spacial score (nSPS) is 11.0. The predicted molar refractivity (Wildman–Crippen MR) is 69.8 cm³/mol. The van der Waals surface area contributed by atoms with Crippen LogP contribution in [0.4, 0.5) is 9.52 Å². The van der Waals surface area contributed by atoms with Gasteiger partial charge in [-0.2, -0.15) is 0 Å². The number of hydrogen-bond acceptors (Lipinski definition) is 5. The summed E-state index contributed by atoms with van der Waals surface area (Å²) in [5, 5.41) is 9.57. The smallest absolute Gasteiger partial charge is 0.203 e. The summed E-state index contributed by atoms with van der Waals surface area (Å²) in [7, 11) is 0. The number of aromatic nitrogens is 3. The van der Waals surface area contributed by atoms with Crippen molar-refractivity contribution >= 4 is 27.4 Å². The van der Waals surface area contributed by atoms with E-state index in [-0.39, 0.29) is 5.82 Å². The number of nitrogens with two attached hydrogens (primary N) is 1. The number of nitrogen functional groups attached to an aromatic ring is 1. The van der Waals surface area contributed by atoms with Gasteiger partial charge in [0.25, 0.3) is 0 Å². The van der Waals surface area contributed by atoms with Gasteiger partial charge in [-0.1, -0.05) is 11.3 Å². The molecule has 0 bridgehead atoms. The molecule has 0 aliphatic rings. The van der Waals surface area contributed by atoms with Crippen LogP contribution in [-0.2, 0) is 0 Å². The van der Waals surface area contributed by atoms with Crippen molar-refractivity contribution in [1.82, 2.24) is 15.2 Å². The average molecular weight is 260 g/mol. The zero-order valence-corrected chi connectivity index (χ0v) is 10.3. The lowest BCUT2D eigenvalue weighted by atomic mass is 10.1. The summed E-state index contributed by atoms with van der Waals surface area (Å²) in [5.74, 6) is -0.299. The minimum Gasteiger partial charge on any atom is -0.374 e. The fraction of sp³-hybridized carbons (Fsp3) is 0.0833. The minimum absolute atomic E-state index is 0.299. The van der Waals surface area contributed by atoms with Crippen LogP contribution in [0, 0.1) is 12.7 Å². The van der Waals surface area contributed by atoms with Crippen LogP contribution in [0.1, 0.15) is 5.69 Å². The summed E-state index contributed by atoms with van der Waals surface area (Å²) in [6.07, 6.45) is 0. The van der Waals surface area contributed by atoms with Crippen molar-refractivity contribution < 1.29 is 4.39 Å². The van der Waals surface area contributed by atoms with E-state index in [1.54, 1.807) is 6.07 Å². The zero-order chi connectivity index (χ0) is 12.7. The van der Waals surface area contributed by atoms with Crippen molar-refractivity contribution in [3.05, 3.63) is 35.8 Å². The Labute approximate surface area is 106 Å². The summed E-state index contributed by atoms with van der Waals surface area (Å²) >= 11 is 1.28. The third-order valence-electron chi connectivity index (χ3n) is 2.57. The highest BCUT2D eigenvalue weighted by molar-refractivity contribution is 7.18. The van der Waals surface area contributed by atoms with E-state index in [0.29, 0.717) is 10.1 Å². The average Bonchev–Trinajstić information content (AvgIpc) is 2.75. The molecule has 0 atom stereocenters. The van der Waals surface area contributed by atoms with Gasteiger partial charge in [-0.3, -0.25) is 4.98 Å². The molecular formula is C12H9FN4S. The summed E-state index contributed by atoms with van der Waals surface area (Å²) in [6, 6.07) is 6.37. The Balaban J connectivity index is 2.36. The van der Waals surface area contributed by atoms with Crippen LogP contribution in [-0.4, -0.2) is 15.2 Å². The molecule has 0 aliphatic heterocycles. The fourth-order valence-electron chi connectivity index (χ4n) is 1.85. The van der Waals surface area contributed by atoms with Gasteiger partial charge < -0.3 is 5.73 Å². The maximum absolute atomic E-state index is 13.4. The largest absolute Gasteiger partial charge is 0.374 e. The molecule has 4 nitrogen and oxygen atoms in total. The number of hydrogen-bond donors (Lipinski definition) is 1. The quantitative estimate of drug-likeness (QED) is 0.730. The van der Waals surface area contributed by atoms with Crippen LogP contribution >= 0.6 is 11.3 Å². The van der Waals surface area contributed by atoms with Crippen molar-refractivity contribution in [2.24, 2.45) is 0 Å². The van der Waals surface area contributed by atoms with E-state index >= 15 is 0 Å². The molecule has 2 N–H and O–H groups in total. The number of halogens is 1. The molecule has 0 fully saturated rings. The summed E-state index contributed by atoms with van der Waals surface area (Å²) in [4.78, 5) is 4.37. The van der Waals surface area contributed by atoms with Crippen molar-refractivity contribution in [1.29, 1.82) is 0 Å². The second-order valence-corrected chi connectivity index (χ2v) is 4.93. The van der Waals surface area contributed by atoms with E-state index in [1.165, 1.54) is 23.5 Å². The molecule has 0 aliphatic carbocycles. The van der Waals surface area contributed by atoms with E-state index in [0.717, 1.165) is 22.2 Å². The lowest BCUT2D eigenvalue weighted by molar-refractivity contribution is 0.629. The van der Waals surface area contributed by atoms with Crippen molar-refractivity contribution in [2.75, 3.05) is 5.73 Å². The SMILES string of the molecule is Cc1cc(-c2nnc(N)s2)c2cc(F)ccc2n1. The predicted octanol–water partition coefficient (Wildman–Crippen LogP) is 2.78. The van der Waals surface area contributed by atoms with Crippen LogP contribution in [0.15, 0.2) is 24.3 Å². The molecule has 2 heterocycles. The maximum Gasteiger partial charge on any atom is 0.203 e. The van der Waals surface area contributed by atoms with Crippen molar-refractivity contribution in [2.45, 2.75) is 6.92 Å². The minimum atomic E-state index is -0.299. The lowest BCUT2D eigenvalue weighted by Crippen LogP contribution is -1.89. The van der Waals surface area contributed by atoms with Crippen LogP contribution in [0.5, 0.6) is 0 Å². The fourth-order valence-corrected chi connectivity index (χ4v) is 2.49. The topological polar surface area (TPSA) is 64.7 Å². The van der Waals surface area contributed by atoms with Gasteiger partial charge in [-0.25, -0.2) is 4.39 Å². The van der Waals surface area contributed by atoms with E-state index in [4.69, 9.17) is 5.73 Å². The molecule has 6 heteroatoms. The molecular weight excluding hydrogens is 251 g/mol. The lowest BCUT2D eigenvalue weighted by Gasteiger charge is -2.04. The number of benzene rings is 1. The van der Waals surface area contributed by atoms with Crippen LogP contribution in [0.25, 0.3) is 21.5 Å². The standard InChI is InChI=1S/C12H9FN4S/c1-6-4-9(11-16-17-12(14)18-11)8-5-7(13)2-3-10(8)15-6/h2-5H,1H3,(H2,14,17). The summed E-state index contributed by atoms with van der Waals surface area (Å²) < 4.78 is 13.4. The van der Waals surface area contributed by atoms with E-state index < -0.39 is 0 Å². The summed E-state index contributed by atoms with van der Waals surface area (Å²) in [5.41, 5.74) is 7.98. The van der Waals surface area contributed by atoms with Gasteiger partial charge in [0.1, 0.15) is 10.8 Å². The number of rotatable bonds is 1. The van der Waals surface area contributed by atoms with Crippen molar-refractivity contribution in [3.8, 4) is 10.6 Å².